The Hall–Kier alpha value is -3.02. The van der Waals surface area contributed by atoms with Crippen LogP contribution in [0, 0.1) is 5.92 Å². The van der Waals surface area contributed by atoms with Crippen molar-refractivity contribution in [3.05, 3.63) is 59.2 Å². The molecular weight excluding hydrogens is 366 g/mol. The van der Waals surface area contributed by atoms with Crippen molar-refractivity contribution < 1.29 is 14.3 Å². The molecule has 2 unspecified atom stereocenters. The van der Waals surface area contributed by atoms with E-state index in [0.717, 1.165) is 41.8 Å². The number of methoxy groups -OCH3 is 1. The van der Waals surface area contributed by atoms with Crippen LogP contribution in [-0.4, -0.2) is 30.4 Å². The van der Waals surface area contributed by atoms with E-state index in [9.17, 15) is 9.59 Å². The number of amides is 2. The Kier molecular flexibility index (Phi) is 5.43. The second-order valence-electron chi connectivity index (χ2n) is 7.94. The summed E-state index contributed by atoms with van der Waals surface area (Å²) in [5, 5.41) is 3.18. The van der Waals surface area contributed by atoms with Crippen LogP contribution in [0.3, 0.4) is 0 Å². The fourth-order valence-corrected chi connectivity index (χ4v) is 4.33. The Bertz CT molecular complexity index is 910. The molecule has 4 rings (SSSR count). The van der Waals surface area contributed by atoms with Gasteiger partial charge in [0.25, 0.3) is 0 Å². The highest BCUT2D eigenvalue weighted by atomic mass is 16.5. The van der Waals surface area contributed by atoms with Gasteiger partial charge in [-0.1, -0.05) is 18.2 Å². The minimum absolute atomic E-state index is 0.00223. The van der Waals surface area contributed by atoms with Crippen molar-refractivity contribution in [1.82, 2.24) is 10.2 Å². The number of rotatable bonds is 5. The Morgan fingerprint density at radius 3 is 2.79 bits per heavy atom. The molecule has 6 nitrogen and oxygen atoms in total. The fraction of sp³-hybridized carbons (Fsp3) is 0.391. The second kappa shape index (κ2) is 8.15. The first-order valence-corrected chi connectivity index (χ1v) is 10.1. The van der Waals surface area contributed by atoms with Gasteiger partial charge >= 0.3 is 0 Å². The lowest BCUT2D eigenvalue weighted by Gasteiger charge is -2.27. The molecule has 0 radical (unpaired) electrons. The average Bonchev–Trinajstić information content (AvgIpc) is 3.09. The van der Waals surface area contributed by atoms with Gasteiger partial charge in [0.15, 0.2) is 0 Å². The molecule has 0 saturated carbocycles. The number of nitrogen functional groups attached to an aromatic ring is 1. The number of aryl methyl sites for hydroxylation is 1. The highest BCUT2D eigenvalue weighted by Crippen LogP contribution is 2.32. The smallest absolute Gasteiger partial charge is 0.225 e. The number of benzene rings is 2. The topological polar surface area (TPSA) is 84.7 Å². The molecule has 6 heteroatoms. The van der Waals surface area contributed by atoms with Crippen LogP contribution in [-0.2, 0) is 22.6 Å². The number of anilines is 1. The summed E-state index contributed by atoms with van der Waals surface area (Å²) < 4.78 is 5.17. The lowest BCUT2D eigenvalue weighted by atomic mass is 9.87. The first kappa shape index (κ1) is 19.3. The van der Waals surface area contributed by atoms with E-state index in [-0.39, 0.29) is 30.2 Å². The van der Waals surface area contributed by atoms with Crippen LogP contribution in [0.1, 0.15) is 42.0 Å². The standard InChI is InChI=1S/C23H27N3O3/c1-29-19-8-5-15(6-9-19)13-26-14-17(12-22(26)27)23(28)25-21-4-2-3-16-11-18(24)7-10-20(16)21/h5-11,17,21H,2-4,12-14,24H2,1H3,(H,25,28). The quantitative estimate of drug-likeness (QED) is 0.765. The number of nitrogens with one attached hydrogen (secondary N) is 1. The van der Waals surface area contributed by atoms with Crippen molar-refractivity contribution in [1.29, 1.82) is 0 Å². The molecule has 1 aliphatic heterocycles. The summed E-state index contributed by atoms with van der Waals surface area (Å²) in [7, 11) is 1.63. The van der Waals surface area contributed by atoms with Gasteiger partial charge in [-0.3, -0.25) is 9.59 Å². The molecule has 152 valence electrons. The number of nitrogens with zero attached hydrogens (tertiary/aromatic N) is 1. The summed E-state index contributed by atoms with van der Waals surface area (Å²) >= 11 is 0. The van der Waals surface area contributed by atoms with Gasteiger partial charge in [0.1, 0.15) is 5.75 Å². The highest BCUT2D eigenvalue weighted by molar-refractivity contribution is 5.89. The normalized spacial score (nSPS) is 21.0. The zero-order valence-electron chi connectivity index (χ0n) is 16.7. The third-order valence-corrected chi connectivity index (χ3v) is 5.92. The molecule has 2 aromatic rings. The average molecular weight is 393 g/mol. The van der Waals surface area contributed by atoms with Crippen molar-refractivity contribution in [3.63, 3.8) is 0 Å². The minimum Gasteiger partial charge on any atom is -0.497 e. The number of hydrogen-bond acceptors (Lipinski definition) is 4. The van der Waals surface area contributed by atoms with Crippen molar-refractivity contribution in [2.75, 3.05) is 19.4 Å². The van der Waals surface area contributed by atoms with Crippen LogP contribution in [0.4, 0.5) is 5.69 Å². The van der Waals surface area contributed by atoms with Gasteiger partial charge in [-0.05, 0) is 60.2 Å². The van der Waals surface area contributed by atoms with Gasteiger partial charge in [0, 0.05) is 25.2 Å². The van der Waals surface area contributed by atoms with E-state index in [2.05, 4.69) is 5.32 Å². The predicted molar refractivity (Wildman–Crippen MR) is 111 cm³/mol. The molecule has 1 fully saturated rings. The lowest BCUT2D eigenvalue weighted by molar-refractivity contribution is -0.129. The van der Waals surface area contributed by atoms with Crippen LogP contribution >= 0.6 is 0 Å². The van der Waals surface area contributed by atoms with Gasteiger partial charge < -0.3 is 20.7 Å². The predicted octanol–water partition coefficient (Wildman–Crippen LogP) is 2.82. The Morgan fingerprint density at radius 2 is 2.03 bits per heavy atom. The zero-order chi connectivity index (χ0) is 20.4. The van der Waals surface area contributed by atoms with E-state index in [1.807, 2.05) is 42.5 Å². The van der Waals surface area contributed by atoms with E-state index in [4.69, 9.17) is 10.5 Å². The Labute approximate surface area is 171 Å². The Balaban J connectivity index is 1.38. The third kappa shape index (κ3) is 4.21. The van der Waals surface area contributed by atoms with Crippen molar-refractivity contribution in [3.8, 4) is 5.75 Å². The molecule has 2 atom stereocenters. The van der Waals surface area contributed by atoms with Gasteiger partial charge in [0.2, 0.25) is 11.8 Å². The van der Waals surface area contributed by atoms with Crippen molar-refractivity contribution >= 4 is 17.5 Å². The van der Waals surface area contributed by atoms with Crippen LogP contribution in [0.15, 0.2) is 42.5 Å². The summed E-state index contributed by atoms with van der Waals surface area (Å²) in [6.45, 7) is 0.968. The number of likely N-dealkylation sites (tertiary alicyclic amines) is 1. The molecule has 0 aromatic heterocycles. The number of carbonyl (C=O) groups excluding carboxylic acids is 2. The summed E-state index contributed by atoms with van der Waals surface area (Å²) in [5.74, 6) is 0.469. The van der Waals surface area contributed by atoms with Crippen LogP contribution < -0.4 is 15.8 Å². The molecular formula is C23H27N3O3. The summed E-state index contributed by atoms with van der Waals surface area (Å²) in [5.41, 5.74) is 10.0. The maximum absolute atomic E-state index is 12.9. The SMILES string of the molecule is COc1ccc(CN2CC(C(=O)NC3CCCc4cc(N)ccc43)CC2=O)cc1. The molecule has 2 aromatic carbocycles. The third-order valence-electron chi connectivity index (χ3n) is 5.92. The molecule has 0 bridgehead atoms. The van der Waals surface area contributed by atoms with Gasteiger partial charge in [-0.25, -0.2) is 0 Å². The maximum Gasteiger partial charge on any atom is 0.225 e. The van der Waals surface area contributed by atoms with E-state index in [0.29, 0.717) is 13.1 Å². The van der Waals surface area contributed by atoms with E-state index in [1.54, 1.807) is 12.0 Å². The Morgan fingerprint density at radius 1 is 1.24 bits per heavy atom. The maximum atomic E-state index is 12.9. The zero-order valence-corrected chi connectivity index (χ0v) is 16.7. The first-order valence-electron chi connectivity index (χ1n) is 10.1. The number of fused-ring (bicyclic) bond motifs is 1. The van der Waals surface area contributed by atoms with Crippen molar-refractivity contribution in [2.45, 2.75) is 38.3 Å². The monoisotopic (exact) mass is 393 g/mol. The number of hydrogen-bond donors (Lipinski definition) is 2. The van der Waals surface area contributed by atoms with E-state index >= 15 is 0 Å². The van der Waals surface area contributed by atoms with E-state index in [1.165, 1.54) is 5.56 Å². The minimum atomic E-state index is -0.306. The molecule has 29 heavy (non-hydrogen) atoms. The molecule has 0 spiro atoms. The number of carbonyl (C=O) groups is 2. The largest absolute Gasteiger partial charge is 0.497 e. The van der Waals surface area contributed by atoms with Crippen LogP contribution in [0.5, 0.6) is 5.75 Å². The van der Waals surface area contributed by atoms with Gasteiger partial charge in [0.05, 0.1) is 19.1 Å². The molecule has 1 aliphatic carbocycles. The molecule has 1 saturated heterocycles. The number of nitrogens with two attached hydrogens (primary N) is 1. The molecule has 3 N–H and O–H groups in total. The summed E-state index contributed by atoms with van der Waals surface area (Å²) in [6.07, 6.45) is 3.20. The van der Waals surface area contributed by atoms with Crippen molar-refractivity contribution in [2.24, 2.45) is 5.92 Å². The first-order chi connectivity index (χ1) is 14.0. The molecule has 1 heterocycles. The second-order valence-corrected chi connectivity index (χ2v) is 7.94. The van der Waals surface area contributed by atoms with E-state index < -0.39 is 0 Å². The van der Waals surface area contributed by atoms with Gasteiger partial charge in [-0.15, -0.1) is 0 Å². The van der Waals surface area contributed by atoms with Crippen LogP contribution in [0.25, 0.3) is 0 Å². The molecule has 2 amide bonds. The lowest BCUT2D eigenvalue weighted by Crippen LogP contribution is -2.36. The molecule has 2 aliphatic rings. The van der Waals surface area contributed by atoms with Crippen LogP contribution in [0.2, 0.25) is 0 Å². The summed E-state index contributed by atoms with van der Waals surface area (Å²) in [6, 6.07) is 13.6. The highest BCUT2D eigenvalue weighted by Gasteiger charge is 2.35. The number of ether oxygens (including phenoxy) is 1. The fourth-order valence-electron chi connectivity index (χ4n) is 4.33. The summed E-state index contributed by atoms with van der Waals surface area (Å²) in [4.78, 5) is 27.1. The van der Waals surface area contributed by atoms with Gasteiger partial charge in [-0.2, -0.15) is 0 Å².